The summed E-state index contributed by atoms with van der Waals surface area (Å²) in [6.45, 7) is 0.809. The second-order valence-corrected chi connectivity index (χ2v) is 5.77. The minimum Gasteiger partial charge on any atom is -0.383 e. The van der Waals surface area contributed by atoms with E-state index in [1.807, 2.05) is 0 Å². The lowest BCUT2D eigenvalue weighted by Gasteiger charge is -2.20. The predicted octanol–water partition coefficient (Wildman–Crippen LogP) is 3.43. The Balaban J connectivity index is 2.77. The fourth-order valence-electron chi connectivity index (χ4n) is 1.48. The monoisotopic (exact) mass is 353 g/mol. The number of hydrogen-bond acceptors (Lipinski definition) is 2. The highest BCUT2D eigenvalue weighted by Gasteiger charge is 2.18. The third kappa shape index (κ3) is 4.43. The molecular weight excluding hydrogens is 341 g/mol. The first-order valence-electron chi connectivity index (χ1n) is 5.29. The highest BCUT2D eigenvalue weighted by Crippen LogP contribution is 2.22. The molecule has 18 heavy (non-hydrogen) atoms. The van der Waals surface area contributed by atoms with Gasteiger partial charge >= 0.3 is 0 Å². The van der Waals surface area contributed by atoms with Crippen LogP contribution in [0.3, 0.4) is 0 Å². The van der Waals surface area contributed by atoms with Crippen molar-refractivity contribution >= 4 is 45.0 Å². The Morgan fingerprint density at radius 1 is 1.56 bits per heavy atom. The zero-order chi connectivity index (χ0) is 13.7. The van der Waals surface area contributed by atoms with Crippen molar-refractivity contribution in [2.45, 2.75) is 5.38 Å². The normalized spacial score (nSPS) is 12.3. The maximum Gasteiger partial charge on any atom is 0.254 e. The third-order valence-electron chi connectivity index (χ3n) is 2.32. The van der Waals surface area contributed by atoms with Crippen LogP contribution in [0.1, 0.15) is 10.4 Å². The Bertz CT molecular complexity index is 429. The Morgan fingerprint density at radius 2 is 2.22 bits per heavy atom. The lowest BCUT2D eigenvalue weighted by Crippen LogP contribution is -2.34. The Kier molecular flexibility index (Phi) is 6.43. The number of carbonyl (C=O) groups excluding carboxylic acids is 1. The zero-order valence-corrected chi connectivity index (χ0v) is 13.2. The molecule has 0 aliphatic heterocycles. The number of halogens is 3. The first-order chi connectivity index (χ1) is 8.45. The number of carbonyl (C=O) groups is 1. The highest BCUT2D eigenvalue weighted by atomic mass is 79.9. The van der Waals surface area contributed by atoms with Crippen LogP contribution in [0, 0.1) is 0 Å². The molecule has 100 valence electrons. The van der Waals surface area contributed by atoms with Gasteiger partial charge in [0.2, 0.25) is 0 Å². The molecule has 0 heterocycles. The molecule has 1 rings (SSSR count). The number of methoxy groups -OCH3 is 1. The van der Waals surface area contributed by atoms with Gasteiger partial charge in [-0.05, 0) is 34.1 Å². The molecule has 1 unspecified atom stereocenters. The van der Waals surface area contributed by atoms with E-state index in [2.05, 4.69) is 15.9 Å². The molecule has 6 heteroatoms. The van der Waals surface area contributed by atoms with Crippen molar-refractivity contribution in [1.82, 2.24) is 4.90 Å². The summed E-state index contributed by atoms with van der Waals surface area (Å²) in [5.41, 5.74) is 0.520. The molecule has 3 nitrogen and oxygen atoms in total. The molecule has 0 radical (unpaired) electrons. The van der Waals surface area contributed by atoms with E-state index in [1.54, 1.807) is 37.3 Å². The number of benzene rings is 1. The largest absolute Gasteiger partial charge is 0.383 e. The van der Waals surface area contributed by atoms with Crippen LogP contribution in [-0.2, 0) is 4.74 Å². The van der Waals surface area contributed by atoms with Crippen LogP contribution < -0.4 is 0 Å². The molecule has 0 spiro atoms. The van der Waals surface area contributed by atoms with Gasteiger partial charge in [-0.2, -0.15) is 0 Å². The van der Waals surface area contributed by atoms with Crippen molar-refractivity contribution in [3.8, 4) is 0 Å². The number of nitrogens with zero attached hydrogens (tertiary/aromatic N) is 1. The molecule has 1 atom stereocenters. The van der Waals surface area contributed by atoms with Gasteiger partial charge in [-0.25, -0.2) is 0 Å². The van der Waals surface area contributed by atoms with E-state index in [-0.39, 0.29) is 11.3 Å². The van der Waals surface area contributed by atoms with E-state index in [0.717, 1.165) is 0 Å². The van der Waals surface area contributed by atoms with Gasteiger partial charge in [0.15, 0.2) is 0 Å². The van der Waals surface area contributed by atoms with E-state index in [9.17, 15) is 4.79 Å². The topological polar surface area (TPSA) is 29.5 Å². The van der Waals surface area contributed by atoms with Gasteiger partial charge in [0.05, 0.1) is 17.5 Å². The summed E-state index contributed by atoms with van der Waals surface area (Å²) >= 11 is 15.2. The second kappa shape index (κ2) is 7.34. The summed E-state index contributed by atoms with van der Waals surface area (Å²) in [5.74, 6) is -0.133. The van der Waals surface area contributed by atoms with E-state index in [4.69, 9.17) is 27.9 Å². The van der Waals surface area contributed by atoms with Crippen LogP contribution in [0.25, 0.3) is 0 Å². The summed E-state index contributed by atoms with van der Waals surface area (Å²) in [7, 11) is 3.27. The Hall–Kier alpha value is -0.290. The fourth-order valence-corrected chi connectivity index (χ4v) is 2.40. The molecule has 0 aliphatic carbocycles. The lowest BCUT2D eigenvalue weighted by atomic mass is 10.2. The molecule has 1 amide bonds. The van der Waals surface area contributed by atoms with Crippen LogP contribution in [0.4, 0.5) is 0 Å². The molecule has 0 saturated heterocycles. The fraction of sp³-hybridized carbons (Fsp3) is 0.417. The van der Waals surface area contributed by atoms with E-state index in [0.29, 0.717) is 28.2 Å². The van der Waals surface area contributed by atoms with E-state index in [1.165, 1.54) is 0 Å². The summed E-state index contributed by atoms with van der Waals surface area (Å²) < 4.78 is 5.64. The molecule has 1 aromatic rings. The zero-order valence-electron chi connectivity index (χ0n) is 10.1. The van der Waals surface area contributed by atoms with Gasteiger partial charge in [0, 0.05) is 30.2 Å². The van der Waals surface area contributed by atoms with Crippen molar-refractivity contribution in [2.75, 3.05) is 27.3 Å². The number of alkyl halides is 1. The maximum atomic E-state index is 12.2. The molecule has 1 aromatic carbocycles. The van der Waals surface area contributed by atoms with Gasteiger partial charge in [-0.3, -0.25) is 4.79 Å². The second-order valence-electron chi connectivity index (χ2n) is 3.86. The van der Waals surface area contributed by atoms with Gasteiger partial charge in [-0.1, -0.05) is 11.6 Å². The molecule has 0 aromatic heterocycles. The van der Waals surface area contributed by atoms with E-state index >= 15 is 0 Å². The van der Waals surface area contributed by atoms with E-state index < -0.39 is 0 Å². The van der Waals surface area contributed by atoms with Crippen LogP contribution in [0.5, 0.6) is 0 Å². The molecular formula is C12H14BrCl2NO2. The smallest absolute Gasteiger partial charge is 0.254 e. The highest BCUT2D eigenvalue weighted by molar-refractivity contribution is 9.10. The number of rotatable bonds is 5. The predicted molar refractivity (Wildman–Crippen MR) is 77.6 cm³/mol. The van der Waals surface area contributed by atoms with Crippen molar-refractivity contribution < 1.29 is 9.53 Å². The Labute approximate surface area is 125 Å². The van der Waals surface area contributed by atoms with Crippen molar-refractivity contribution in [3.05, 3.63) is 33.3 Å². The molecule has 0 aliphatic rings. The average molecular weight is 355 g/mol. The Morgan fingerprint density at radius 3 is 2.83 bits per heavy atom. The van der Waals surface area contributed by atoms with Gasteiger partial charge < -0.3 is 9.64 Å². The number of ether oxygens (including phenoxy) is 1. The summed E-state index contributed by atoms with van der Waals surface area (Å²) in [6.07, 6.45) is 0. The summed E-state index contributed by atoms with van der Waals surface area (Å²) in [5, 5.41) is 0.288. The van der Waals surface area contributed by atoms with Crippen molar-refractivity contribution in [2.24, 2.45) is 0 Å². The first kappa shape index (κ1) is 15.8. The standard InChI is InChI=1S/C12H14BrCl2NO2/c1-16(6-9(15)7-18-2)12(17)10-5-8(14)3-4-11(10)13/h3-5,9H,6-7H2,1-2H3. The number of hydrogen-bond donors (Lipinski definition) is 0. The average Bonchev–Trinajstić information content (AvgIpc) is 2.31. The van der Waals surface area contributed by atoms with Crippen molar-refractivity contribution in [3.63, 3.8) is 0 Å². The molecule has 0 N–H and O–H groups in total. The maximum absolute atomic E-state index is 12.2. The van der Waals surface area contributed by atoms with Gasteiger partial charge in [-0.15, -0.1) is 11.6 Å². The van der Waals surface area contributed by atoms with Gasteiger partial charge in [0.25, 0.3) is 5.91 Å². The third-order valence-corrected chi connectivity index (χ3v) is 3.52. The van der Waals surface area contributed by atoms with Crippen LogP contribution >= 0.6 is 39.1 Å². The summed E-state index contributed by atoms with van der Waals surface area (Å²) in [4.78, 5) is 13.7. The SMILES string of the molecule is COCC(Cl)CN(C)C(=O)c1cc(Cl)ccc1Br. The number of amides is 1. The van der Waals surface area contributed by atoms with Gasteiger partial charge in [0.1, 0.15) is 0 Å². The van der Waals surface area contributed by atoms with Crippen molar-refractivity contribution in [1.29, 1.82) is 0 Å². The molecule has 0 saturated carbocycles. The summed E-state index contributed by atoms with van der Waals surface area (Å²) in [6, 6.07) is 5.10. The van der Waals surface area contributed by atoms with Crippen LogP contribution in [0.15, 0.2) is 22.7 Å². The van der Waals surface area contributed by atoms with Crippen LogP contribution in [-0.4, -0.2) is 43.5 Å². The quantitative estimate of drug-likeness (QED) is 0.758. The molecule has 0 bridgehead atoms. The minimum atomic E-state index is -0.234. The molecule has 0 fully saturated rings. The van der Waals surface area contributed by atoms with Crippen LogP contribution in [0.2, 0.25) is 5.02 Å². The minimum absolute atomic E-state index is 0.133. The first-order valence-corrected chi connectivity index (χ1v) is 6.90. The lowest BCUT2D eigenvalue weighted by molar-refractivity contribution is 0.0781.